The van der Waals surface area contributed by atoms with Crippen LogP contribution in [0.25, 0.3) is 5.69 Å². The fraction of sp³-hybridized carbons (Fsp3) is 0.176. The zero-order chi connectivity index (χ0) is 18.0. The first-order valence-electron chi connectivity index (χ1n) is 7.53. The molecule has 0 aliphatic rings. The average Bonchev–Trinajstić information content (AvgIpc) is 2.98. The molecule has 25 heavy (non-hydrogen) atoms. The Labute approximate surface area is 147 Å². The second kappa shape index (κ2) is 6.86. The molecule has 0 fully saturated rings. The minimum Gasteiger partial charge on any atom is -0.505 e. The third-order valence-corrected chi connectivity index (χ3v) is 4.29. The van der Waals surface area contributed by atoms with Crippen molar-refractivity contribution in [2.75, 3.05) is 0 Å². The number of nitrogens with one attached hydrogen (secondary N) is 1. The second-order valence-corrected chi connectivity index (χ2v) is 6.57. The van der Waals surface area contributed by atoms with E-state index >= 15 is 0 Å². The van der Waals surface area contributed by atoms with Crippen LogP contribution in [0.3, 0.4) is 0 Å². The van der Waals surface area contributed by atoms with Gasteiger partial charge in [0.25, 0.3) is 11.5 Å². The van der Waals surface area contributed by atoms with E-state index in [1.54, 1.807) is 18.2 Å². The summed E-state index contributed by atoms with van der Waals surface area (Å²) >= 11 is 1.49. The van der Waals surface area contributed by atoms with E-state index in [-0.39, 0.29) is 12.2 Å². The number of nitrogens with zero attached hydrogens (tertiary/aromatic N) is 3. The summed E-state index contributed by atoms with van der Waals surface area (Å²) in [6.07, 6.45) is 0. The number of aromatic nitrogens is 3. The lowest BCUT2D eigenvalue weighted by Crippen LogP contribution is -2.29. The number of aryl methyl sites for hydroxylation is 2. The zero-order valence-corrected chi connectivity index (χ0v) is 14.5. The van der Waals surface area contributed by atoms with Crippen LogP contribution in [0.5, 0.6) is 5.75 Å². The average molecular weight is 356 g/mol. The van der Waals surface area contributed by atoms with Gasteiger partial charge in [-0.1, -0.05) is 12.1 Å². The Balaban J connectivity index is 1.89. The molecule has 0 unspecified atom stereocenters. The first kappa shape index (κ1) is 16.8. The van der Waals surface area contributed by atoms with Gasteiger partial charge in [-0.3, -0.25) is 9.59 Å². The molecule has 0 spiro atoms. The Morgan fingerprint density at radius 3 is 2.80 bits per heavy atom. The molecule has 2 heterocycles. The summed E-state index contributed by atoms with van der Waals surface area (Å²) in [5, 5.41) is 19.4. The fourth-order valence-corrected chi connectivity index (χ4v) is 2.91. The zero-order valence-electron chi connectivity index (χ0n) is 13.7. The number of hydrogen-bond acceptors (Lipinski definition) is 6. The van der Waals surface area contributed by atoms with Crippen molar-refractivity contribution in [3.63, 3.8) is 0 Å². The smallest absolute Gasteiger partial charge is 0.275 e. The van der Waals surface area contributed by atoms with Crippen molar-refractivity contribution >= 4 is 17.2 Å². The maximum atomic E-state index is 12.3. The Hall–Kier alpha value is -3.00. The minimum atomic E-state index is -0.579. The van der Waals surface area contributed by atoms with Crippen molar-refractivity contribution < 1.29 is 9.90 Å². The van der Waals surface area contributed by atoms with E-state index in [1.807, 2.05) is 25.3 Å². The monoisotopic (exact) mass is 356 g/mol. The van der Waals surface area contributed by atoms with Gasteiger partial charge in [0, 0.05) is 11.4 Å². The largest absolute Gasteiger partial charge is 0.505 e. The summed E-state index contributed by atoms with van der Waals surface area (Å²) in [6, 6.07) is 8.13. The van der Waals surface area contributed by atoms with Crippen LogP contribution in [0, 0.1) is 13.8 Å². The van der Waals surface area contributed by atoms with Gasteiger partial charge in [-0.15, -0.1) is 11.3 Å². The second-order valence-electron chi connectivity index (χ2n) is 5.51. The SMILES string of the molecule is Cc1cccc(-n2nc(C(=O)NCc3csc(C)n3)c(O)cc2=O)c1. The highest BCUT2D eigenvalue weighted by Gasteiger charge is 2.17. The van der Waals surface area contributed by atoms with Gasteiger partial charge in [-0.25, -0.2) is 4.98 Å². The molecule has 2 aromatic heterocycles. The molecule has 2 N–H and O–H groups in total. The van der Waals surface area contributed by atoms with Crippen molar-refractivity contribution in [3.05, 3.63) is 68.0 Å². The summed E-state index contributed by atoms with van der Waals surface area (Å²) in [6.45, 7) is 3.98. The lowest BCUT2D eigenvalue weighted by molar-refractivity contribution is 0.0940. The topological polar surface area (TPSA) is 97.1 Å². The number of benzene rings is 1. The van der Waals surface area contributed by atoms with Gasteiger partial charge >= 0.3 is 0 Å². The molecule has 128 valence electrons. The molecule has 1 amide bonds. The highest BCUT2D eigenvalue weighted by Crippen LogP contribution is 2.14. The van der Waals surface area contributed by atoms with Gasteiger partial charge in [0.05, 0.1) is 22.9 Å². The van der Waals surface area contributed by atoms with Gasteiger partial charge in [0.2, 0.25) is 0 Å². The maximum absolute atomic E-state index is 12.3. The van der Waals surface area contributed by atoms with Crippen LogP contribution in [-0.2, 0) is 6.54 Å². The summed E-state index contributed by atoms with van der Waals surface area (Å²) < 4.78 is 1.09. The summed E-state index contributed by atoms with van der Waals surface area (Å²) in [5.41, 5.74) is 1.46. The van der Waals surface area contributed by atoms with E-state index in [9.17, 15) is 14.7 Å². The van der Waals surface area contributed by atoms with Crippen LogP contribution in [0.15, 0.2) is 40.5 Å². The molecule has 0 atom stereocenters. The molecule has 0 aliphatic carbocycles. The van der Waals surface area contributed by atoms with Crippen LogP contribution in [0.2, 0.25) is 0 Å². The predicted octanol–water partition coefficient (Wildman–Crippen LogP) is 1.94. The van der Waals surface area contributed by atoms with Gasteiger partial charge in [0.1, 0.15) is 0 Å². The Morgan fingerprint density at radius 2 is 2.12 bits per heavy atom. The van der Waals surface area contributed by atoms with Crippen LogP contribution in [0.4, 0.5) is 0 Å². The normalized spacial score (nSPS) is 10.6. The molecular formula is C17H16N4O3S. The molecule has 0 saturated heterocycles. The maximum Gasteiger partial charge on any atom is 0.275 e. The molecule has 3 rings (SSSR count). The fourth-order valence-electron chi connectivity index (χ4n) is 2.30. The molecule has 0 saturated carbocycles. The van der Waals surface area contributed by atoms with Crippen molar-refractivity contribution in [1.82, 2.24) is 20.1 Å². The first-order valence-corrected chi connectivity index (χ1v) is 8.41. The van der Waals surface area contributed by atoms with Gasteiger partial charge in [0.15, 0.2) is 11.4 Å². The van der Waals surface area contributed by atoms with Crippen LogP contribution >= 0.6 is 11.3 Å². The Bertz CT molecular complexity index is 994. The first-order chi connectivity index (χ1) is 11.9. The number of aromatic hydroxyl groups is 1. The molecule has 0 radical (unpaired) electrons. The van der Waals surface area contributed by atoms with Gasteiger partial charge in [-0.2, -0.15) is 9.78 Å². The molecule has 0 aliphatic heterocycles. The van der Waals surface area contributed by atoms with E-state index in [0.29, 0.717) is 5.69 Å². The molecular weight excluding hydrogens is 340 g/mol. The summed E-state index contributed by atoms with van der Waals surface area (Å²) in [4.78, 5) is 28.7. The minimum absolute atomic E-state index is 0.215. The molecule has 1 aromatic carbocycles. The highest BCUT2D eigenvalue weighted by atomic mass is 32.1. The summed E-state index contributed by atoms with van der Waals surface area (Å²) in [7, 11) is 0. The third-order valence-electron chi connectivity index (χ3n) is 3.47. The highest BCUT2D eigenvalue weighted by molar-refractivity contribution is 7.09. The lowest BCUT2D eigenvalue weighted by Gasteiger charge is -2.09. The van der Waals surface area contributed by atoms with E-state index in [4.69, 9.17) is 0 Å². The van der Waals surface area contributed by atoms with E-state index in [0.717, 1.165) is 27.0 Å². The van der Waals surface area contributed by atoms with Gasteiger partial charge in [-0.05, 0) is 31.5 Å². The lowest BCUT2D eigenvalue weighted by atomic mass is 10.2. The number of hydrogen-bond donors (Lipinski definition) is 2. The third kappa shape index (κ3) is 3.74. The predicted molar refractivity (Wildman–Crippen MR) is 94.3 cm³/mol. The number of rotatable bonds is 4. The van der Waals surface area contributed by atoms with Crippen LogP contribution < -0.4 is 10.9 Å². The molecule has 0 bridgehead atoms. The van der Waals surface area contributed by atoms with E-state index < -0.39 is 17.2 Å². The Morgan fingerprint density at radius 1 is 1.32 bits per heavy atom. The van der Waals surface area contributed by atoms with Crippen molar-refractivity contribution in [3.8, 4) is 11.4 Å². The summed E-state index contributed by atoms with van der Waals surface area (Å²) in [5.74, 6) is -1.04. The quantitative estimate of drug-likeness (QED) is 0.745. The van der Waals surface area contributed by atoms with Crippen molar-refractivity contribution in [1.29, 1.82) is 0 Å². The Kier molecular flexibility index (Phi) is 4.62. The standard InChI is InChI=1S/C17H16N4O3S/c1-10-4-3-5-13(6-10)21-15(23)7-14(22)16(20-21)17(24)18-8-12-9-25-11(2)19-12/h3-7,9,22H,8H2,1-2H3,(H,18,24). The van der Waals surface area contributed by atoms with E-state index in [1.165, 1.54) is 11.3 Å². The number of amides is 1. The number of thiazole rings is 1. The molecule has 3 aromatic rings. The molecule has 7 nitrogen and oxygen atoms in total. The van der Waals surface area contributed by atoms with E-state index in [2.05, 4.69) is 15.4 Å². The van der Waals surface area contributed by atoms with Crippen molar-refractivity contribution in [2.45, 2.75) is 20.4 Å². The van der Waals surface area contributed by atoms with Crippen LogP contribution in [0.1, 0.15) is 26.8 Å². The number of carbonyl (C=O) groups excluding carboxylic acids is 1. The molecule has 8 heteroatoms. The van der Waals surface area contributed by atoms with Crippen molar-refractivity contribution in [2.24, 2.45) is 0 Å². The number of carbonyl (C=O) groups is 1. The van der Waals surface area contributed by atoms with Gasteiger partial charge < -0.3 is 10.4 Å². The van der Waals surface area contributed by atoms with Crippen LogP contribution in [-0.4, -0.2) is 25.8 Å².